The Labute approximate surface area is 158 Å². The molecule has 144 valence electrons. The highest BCUT2D eigenvalue weighted by molar-refractivity contribution is 5.86. The largest absolute Gasteiger partial charge is 0.465 e. The van der Waals surface area contributed by atoms with Gasteiger partial charge in [0.05, 0.1) is 0 Å². The maximum atomic E-state index is 12.1. The number of carbonyl (C=O) groups is 2. The minimum atomic E-state index is -1.10. The van der Waals surface area contributed by atoms with Crippen LogP contribution in [0.1, 0.15) is 31.9 Å². The Bertz CT molecular complexity index is 828. The fourth-order valence-electron chi connectivity index (χ4n) is 2.56. The van der Waals surface area contributed by atoms with Gasteiger partial charge in [0.1, 0.15) is 5.60 Å². The molecule has 2 rings (SSSR count). The molecular weight excluding hydrogens is 346 g/mol. The minimum Gasteiger partial charge on any atom is -0.465 e. The zero-order chi connectivity index (χ0) is 20.0. The third-order valence-corrected chi connectivity index (χ3v) is 3.63. The van der Waals surface area contributed by atoms with E-state index in [1.807, 2.05) is 12.1 Å². The van der Waals surface area contributed by atoms with Crippen LogP contribution in [-0.4, -0.2) is 22.9 Å². The van der Waals surface area contributed by atoms with Crippen molar-refractivity contribution in [2.24, 2.45) is 0 Å². The molecular formula is C20H25N3O4. The second-order valence-corrected chi connectivity index (χ2v) is 7.17. The van der Waals surface area contributed by atoms with Crippen LogP contribution in [0.4, 0.5) is 26.7 Å². The number of amides is 2. The van der Waals surface area contributed by atoms with Crippen molar-refractivity contribution >= 4 is 29.2 Å². The van der Waals surface area contributed by atoms with E-state index in [0.717, 1.165) is 11.1 Å². The van der Waals surface area contributed by atoms with Crippen molar-refractivity contribution < 1.29 is 19.4 Å². The lowest BCUT2D eigenvalue weighted by Crippen LogP contribution is -2.27. The topological polar surface area (TPSA) is 114 Å². The van der Waals surface area contributed by atoms with Crippen molar-refractivity contribution in [2.75, 3.05) is 16.4 Å². The smallest absolute Gasteiger partial charge is 0.412 e. The maximum Gasteiger partial charge on any atom is 0.412 e. The van der Waals surface area contributed by atoms with Crippen molar-refractivity contribution in [3.63, 3.8) is 0 Å². The summed E-state index contributed by atoms with van der Waals surface area (Å²) in [6.45, 7) is 5.40. The molecule has 0 aromatic heterocycles. The van der Waals surface area contributed by atoms with Gasteiger partial charge in [0, 0.05) is 17.1 Å². The molecule has 0 spiro atoms. The van der Waals surface area contributed by atoms with Gasteiger partial charge in [-0.2, -0.15) is 0 Å². The van der Waals surface area contributed by atoms with Gasteiger partial charge in [-0.15, -0.1) is 0 Å². The Balaban J connectivity index is 2.11. The van der Waals surface area contributed by atoms with E-state index < -0.39 is 17.8 Å². The van der Waals surface area contributed by atoms with Crippen LogP contribution in [0.3, 0.4) is 0 Å². The average Bonchev–Trinajstić information content (AvgIpc) is 2.53. The number of anilines is 3. The summed E-state index contributed by atoms with van der Waals surface area (Å²) in [4.78, 5) is 22.8. The van der Waals surface area contributed by atoms with Gasteiger partial charge in [-0.1, -0.05) is 12.1 Å². The maximum absolute atomic E-state index is 12.1. The van der Waals surface area contributed by atoms with E-state index in [9.17, 15) is 9.59 Å². The quantitative estimate of drug-likeness (QED) is 0.578. The van der Waals surface area contributed by atoms with Crippen LogP contribution in [0, 0.1) is 0 Å². The molecule has 0 bridgehead atoms. The fourth-order valence-corrected chi connectivity index (χ4v) is 2.56. The number of hydrogen-bond acceptors (Lipinski definition) is 4. The molecule has 0 aliphatic rings. The zero-order valence-electron chi connectivity index (χ0n) is 15.7. The SMILES string of the molecule is CC(C)(C)OC(=O)Nc1ccc(N)cc1CCc1cccc(NC(=O)O)c1. The highest BCUT2D eigenvalue weighted by Gasteiger charge is 2.17. The molecule has 7 nitrogen and oxygen atoms in total. The van der Waals surface area contributed by atoms with Gasteiger partial charge in [-0.25, -0.2) is 9.59 Å². The highest BCUT2D eigenvalue weighted by atomic mass is 16.6. The number of nitrogens with two attached hydrogens (primary N) is 1. The number of hydrogen-bond donors (Lipinski definition) is 4. The number of nitrogens with one attached hydrogen (secondary N) is 2. The first-order valence-electron chi connectivity index (χ1n) is 8.60. The Hall–Kier alpha value is -3.22. The van der Waals surface area contributed by atoms with Gasteiger partial charge >= 0.3 is 12.2 Å². The molecule has 5 N–H and O–H groups in total. The molecule has 27 heavy (non-hydrogen) atoms. The van der Waals surface area contributed by atoms with Crippen LogP contribution >= 0.6 is 0 Å². The third kappa shape index (κ3) is 6.89. The summed E-state index contributed by atoms with van der Waals surface area (Å²) in [5.41, 5.74) is 8.89. The van der Waals surface area contributed by atoms with Crippen LogP contribution in [0.5, 0.6) is 0 Å². The molecule has 2 amide bonds. The molecule has 0 fully saturated rings. The molecule has 0 saturated heterocycles. The van der Waals surface area contributed by atoms with Crippen molar-refractivity contribution in [1.82, 2.24) is 0 Å². The first kappa shape index (κ1) is 20.1. The number of aryl methyl sites for hydroxylation is 2. The summed E-state index contributed by atoms with van der Waals surface area (Å²) in [5, 5.41) is 13.9. The predicted octanol–water partition coefficient (Wildman–Crippen LogP) is 4.49. The van der Waals surface area contributed by atoms with E-state index in [-0.39, 0.29) is 0 Å². The standard InChI is InChI=1S/C20H25N3O4/c1-20(2,3)27-19(26)23-17-10-9-15(21)12-14(17)8-7-13-5-4-6-16(11-13)22-18(24)25/h4-6,9-12,22H,7-8,21H2,1-3H3,(H,23,26)(H,24,25). The lowest BCUT2D eigenvalue weighted by molar-refractivity contribution is 0.0635. The summed E-state index contributed by atoms with van der Waals surface area (Å²) in [5.74, 6) is 0. The van der Waals surface area contributed by atoms with E-state index in [4.69, 9.17) is 15.6 Å². The average molecular weight is 371 g/mol. The van der Waals surface area contributed by atoms with Crippen molar-refractivity contribution in [2.45, 2.75) is 39.2 Å². The van der Waals surface area contributed by atoms with Crippen molar-refractivity contribution in [3.05, 3.63) is 53.6 Å². The summed E-state index contributed by atoms with van der Waals surface area (Å²) in [6, 6.07) is 12.5. The van der Waals surface area contributed by atoms with Gasteiger partial charge in [0.25, 0.3) is 0 Å². The van der Waals surface area contributed by atoms with Crippen molar-refractivity contribution in [1.29, 1.82) is 0 Å². The molecule has 0 atom stereocenters. The monoisotopic (exact) mass is 371 g/mol. The van der Waals surface area contributed by atoms with E-state index in [2.05, 4.69) is 10.6 Å². The summed E-state index contributed by atoms with van der Waals surface area (Å²) in [6.07, 6.45) is -0.359. The van der Waals surface area contributed by atoms with Gasteiger partial charge in [-0.3, -0.25) is 10.6 Å². The first-order chi connectivity index (χ1) is 12.6. The Morgan fingerprint density at radius 2 is 1.81 bits per heavy atom. The van der Waals surface area contributed by atoms with Crippen LogP contribution in [0.25, 0.3) is 0 Å². The lowest BCUT2D eigenvalue weighted by Gasteiger charge is -2.20. The van der Waals surface area contributed by atoms with Crippen LogP contribution in [0.2, 0.25) is 0 Å². The normalized spacial score (nSPS) is 10.9. The fraction of sp³-hybridized carbons (Fsp3) is 0.300. The third-order valence-electron chi connectivity index (χ3n) is 3.63. The van der Waals surface area contributed by atoms with Crippen LogP contribution < -0.4 is 16.4 Å². The first-order valence-corrected chi connectivity index (χ1v) is 8.60. The van der Waals surface area contributed by atoms with E-state index in [0.29, 0.717) is 29.9 Å². The van der Waals surface area contributed by atoms with Gasteiger partial charge in [-0.05, 0) is 75.1 Å². The van der Waals surface area contributed by atoms with Crippen LogP contribution in [-0.2, 0) is 17.6 Å². The number of carboxylic acid groups (broad SMARTS) is 1. The highest BCUT2D eigenvalue weighted by Crippen LogP contribution is 2.23. The number of carbonyl (C=O) groups excluding carboxylic acids is 1. The number of rotatable bonds is 5. The molecule has 0 aliphatic heterocycles. The summed E-state index contributed by atoms with van der Waals surface area (Å²) in [7, 11) is 0. The van der Waals surface area contributed by atoms with Gasteiger partial charge in [0.15, 0.2) is 0 Å². The van der Waals surface area contributed by atoms with Crippen LogP contribution in [0.15, 0.2) is 42.5 Å². The second kappa shape index (κ2) is 8.44. The van der Waals surface area contributed by atoms with Gasteiger partial charge in [0.2, 0.25) is 0 Å². The van der Waals surface area contributed by atoms with Gasteiger partial charge < -0.3 is 15.6 Å². The lowest BCUT2D eigenvalue weighted by atomic mass is 10.0. The number of nitrogen functional groups attached to an aromatic ring is 1. The summed E-state index contributed by atoms with van der Waals surface area (Å²) >= 11 is 0. The number of ether oxygens (including phenoxy) is 1. The molecule has 7 heteroatoms. The molecule has 0 radical (unpaired) electrons. The minimum absolute atomic E-state index is 0.514. The second-order valence-electron chi connectivity index (χ2n) is 7.17. The molecule has 0 aliphatic carbocycles. The summed E-state index contributed by atoms with van der Waals surface area (Å²) < 4.78 is 5.30. The van der Waals surface area contributed by atoms with E-state index in [1.54, 1.807) is 51.1 Å². The van der Waals surface area contributed by atoms with E-state index in [1.165, 1.54) is 0 Å². The molecule has 2 aromatic rings. The Morgan fingerprint density at radius 3 is 2.48 bits per heavy atom. The zero-order valence-corrected chi connectivity index (χ0v) is 15.7. The Kier molecular flexibility index (Phi) is 6.28. The number of benzene rings is 2. The molecule has 0 saturated carbocycles. The molecule has 0 heterocycles. The van der Waals surface area contributed by atoms with Crippen molar-refractivity contribution in [3.8, 4) is 0 Å². The Morgan fingerprint density at radius 1 is 1.07 bits per heavy atom. The molecule has 2 aromatic carbocycles. The van der Waals surface area contributed by atoms with E-state index >= 15 is 0 Å². The molecule has 0 unspecified atom stereocenters. The predicted molar refractivity (Wildman–Crippen MR) is 106 cm³/mol.